The zero-order chi connectivity index (χ0) is 12.7. The molecule has 0 aliphatic carbocycles. The Hall–Kier alpha value is -1.52. The number of hydrogen-bond donors (Lipinski definition) is 3. The number of anilines is 3. The highest BCUT2D eigenvalue weighted by Crippen LogP contribution is 2.13. The Balaban J connectivity index is 2.36. The summed E-state index contributed by atoms with van der Waals surface area (Å²) in [6, 6.07) is 2.08. The van der Waals surface area contributed by atoms with Crippen LogP contribution in [0.15, 0.2) is 6.07 Å². The van der Waals surface area contributed by atoms with Crippen LogP contribution in [0.1, 0.15) is 46.0 Å². The highest BCUT2D eigenvalue weighted by atomic mass is 15.1. The first kappa shape index (κ1) is 13.5. The Bertz CT molecular complexity index is 319. The molecule has 0 aliphatic rings. The van der Waals surface area contributed by atoms with Crippen molar-refractivity contribution in [3.63, 3.8) is 0 Å². The predicted octanol–water partition coefficient (Wildman–Crippen LogP) is 2.41. The molecule has 5 nitrogen and oxygen atoms in total. The second kappa shape index (κ2) is 6.93. The number of rotatable bonds is 7. The predicted molar refractivity (Wildman–Crippen MR) is 72.7 cm³/mol. The van der Waals surface area contributed by atoms with Crippen LogP contribution in [0.2, 0.25) is 0 Å². The molecule has 1 rings (SSSR count). The van der Waals surface area contributed by atoms with Gasteiger partial charge < -0.3 is 16.8 Å². The number of nitrogens with one attached hydrogen (secondary N) is 1. The van der Waals surface area contributed by atoms with E-state index >= 15 is 0 Å². The van der Waals surface area contributed by atoms with Crippen LogP contribution in [0, 0.1) is 0 Å². The third-order valence-corrected chi connectivity index (χ3v) is 2.65. The number of nitrogens with two attached hydrogens (primary N) is 2. The van der Waals surface area contributed by atoms with Crippen molar-refractivity contribution in [2.45, 2.75) is 52.0 Å². The molecule has 1 heterocycles. The second-order valence-corrected chi connectivity index (χ2v) is 4.43. The molecule has 17 heavy (non-hydrogen) atoms. The molecule has 0 fully saturated rings. The topological polar surface area (TPSA) is 89.8 Å². The summed E-state index contributed by atoms with van der Waals surface area (Å²) in [6.45, 7) is 4.36. The van der Waals surface area contributed by atoms with Gasteiger partial charge in [0.15, 0.2) is 0 Å². The molecule has 96 valence electrons. The summed E-state index contributed by atoms with van der Waals surface area (Å²) >= 11 is 0. The van der Waals surface area contributed by atoms with Gasteiger partial charge in [0.25, 0.3) is 0 Å². The van der Waals surface area contributed by atoms with Gasteiger partial charge in [-0.25, -0.2) is 0 Å². The normalized spacial score (nSPS) is 12.4. The van der Waals surface area contributed by atoms with Gasteiger partial charge in [-0.3, -0.25) is 0 Å². The van der Waals surface area contributed by atoms with Gasteiger partial charge in [0.2, 0.25) is 5.95 Å². The summed E-state index contributed by atoms with van der Waals surface area (Å²) in [5.74, 6) is 1.32. The van der Waals surface area contributed by atoms with E-state index in [9.17, 15) is 0 Å². The van der Waals surface area contributed by atoms with E-state index in [4.69, 9.17) is 11.5 Å². The molecule has 0 spiro atoms. The van der Waals surface area contributed by atoms with E-state index in [1.807, 2.05) is 0 Å². The Morgan fingerprint density at radius 1 is 1.24 bits per heavy atom. The molecule has 0 amide bonds. The number of aromatic nitrogens is 2. The molecule has 1 aromatic rings. The van der Waals surface area contributed by atoms with E-state index in [2.05, 4.69) is 29.1 Å². The number of hydrogen-bond acceptors (Lipinski definition) is 5. The van der Waals surface area contributed by atoms with Crippen LogP contribution < -0.4 is 16.8 Å². The summed E-state index contributed by atoms with van der Waals surface area (Å²) in [6.07, 6.45) is 6.22. The lowest BCUT2D eigenvalue weighted by molar-refractivity contribution is 0.593. The van der Waals surface area contributed by atoms with E-state index in [-0.39, 0.29) is 5.95 Å². The van der Waals surface area contributed by atoms with E-state index < -0.39 is 0 Å². The Kier molecular flexibility index (Phi) is 5.52. The third kappa shape index (κ3) is 5.38. The fourth-order valence-corrected chi connectivity index (χ4v) is 1.76. The lowest BCUT2D eigenvalue weighted by atomic mass is 10.1. The monoisotopic (exact) mass is 237 g/mol. The molecular weight excluding hydrogens is 214 g/mol. The van der Waals surface area contributed by atoms with Gasteiger partial charge in [-0.1, -0.05) is 32.6 Å². The van der Waals surface area contributed by atoms with Crippen molar-refractivity contribution in [1.82, 2.24) is 9.97 Å². The summed E-state index contributed by atoms with van der Waals surface area (Å²) < 4.78 is 0. The van der Waals surface area contributed by atoms with Gasteiger partial charge in [0.05, 0.1) is 0 Å². The van der Waals surface area contributed by atoms with Crippen molar-refractivity contribution in [1.29, 1.82) is 0 Å². The lowest BCUT2D eigenvalue weighted by Gasteiger charge is -2.14. The van der Waals surface area contributed by atoms with Gasteiger partial charge >= 0.3 is 0 Å². The van der Waals surface area contributed by atoms with E-state index in [1.54, 1.807) is 6.07 Å². The van der Waals surface area contributed by atoms with Gasteiger partial charge in [0, 0.05) is 12.1 Å². The molecule has 0 aromatic carbocycles. The molecule has 0 aliphatic heterocycles. The lowest BCUT2D eigenvalue weighted by Crippen LogP contribution is -2.16. The Morgan fingerprint density at radius 3 is 2.65 bits per heavy atom. The minimum absolute atomic E-state index is 0.214. The highest BCUT2D eigenvalue weighted by molar-refractivity contribution is 5.48. The maximum absolute atomic E-state index is 5.60. The second-order valence-electron chi connectivity index (χ2n) is 4.43. The minimum atomic E-state index is 0.214. The fourth-order valence-electron chi connectivity index (χ4n) is 1.76. The molecule has 1 atom stereocenters. The number of nitrogen functional groups attached to an aromatic ring is 2. The average Bonchev–Trinajstić information content (AvgIpc) is 2.23. The smallest absolute Gasteiger partial charge is 0.223 e. The fraction of sp³-hybridized carbons (Fsp3) is 0.667. The van der Waals surface area contributed by atoms with Crippen molar-refractivity contribution in [3.05, 3.63) is 6.07 Å². The highest BCUT2D eigenvalue weighted by Gasteiger charge is 2.04. The maximum Gasteiger partial charge on any atom is 0.223 e. The zero-order valence-corrected chi connectivity index (χ0v) is 10.7. The largest absolute Gasteiger partial charge is 0.383 e. The van der Waals surface area contributed by atoms with E-state index in [1.165, 1.54) is 25.7 Å². The molecule has 0 radical (unpaired) electrons. The van der Waals surface area contributed by atoms with Crippen LogP contribution in [0.25, 0.3) is 0 Å². The number of nitrogens with zero attached hydrogens (tertiary/aromatic N) is 2. The molecule has 0 saturated heterocycles. The summed E-state index contributed by atoms with van der Waals surface area (Å²) in [5, 5.41) is 3.29. The van der Waals surface area contributed by atoms with Crippen molar-refractivity contribution >= 4 is 17.6 Å². The average molecular weight is 237 g/mol. The van der Waals surface area contributed by atoms with Gasteiger partial charge in [-0.15, -0.1) is 0 Å². The van der Waals surface area contributed by atoms with Crippen molar-refractivity contribution in [3.8, 4) is 0 Å². The quantitative estimate of drug-likeness (QED) is 0.634. The molecule has 1 unspecified atom stereocenters. The van der Waals surface area contributed by atoms with Crippen LogP contribution in [0.3, 0.4) is 0 Å². The summed E-state index contributed by atoms with van der Waals surface area (Å²) in [4.78, 5) is 7.93. The first-order chi connectivity index (χ1) is 8.11. The van der Waals surface area contributed by atoms with Crippen LogP contribution in [0.5, 0.6) is 0 Å². The summed E-state index contributed by atoms with van der Waals surface area (Å²) in [5.41, 5.74) is 11.1. The molecule has 5 N–H and O–H groups in total. The van der Waals surface area contributed by atoms with Crippen LogP contribution in [-0.2, 0) is 0 Å². The SMILES string of the molecule is CCCCCCC(C)Nc1cc(N)nc(N)n1. The molecule has 0 bridgehead atoms. The molecular formula is C12H23N5. The Morgan fingerprint density at radius 2 is 2.00 bits per heavy atom. The van der Waals surface area contributed by atoms with Crippen LogP contribution in [0.4, 0.5) is 17.6 Å². The number of unbranched alkanes of at least 4 members (excludes halogenated alkanes) is 3. The van der Waals surface area contributed by atoms with Crippen LogP contribution >= 0.6 is 0 Å². The third-order valence-electron chi connectivity index (χ3n) is 2.65. The zero-order valence-electron chi connectivity index (χ0n) is 10.7. The standard InChI is InChI=1S/C12H23N5/c1-3-4-5-6-7-9(2)15-11-8-10(13)16-12(14)17-11/h8-9H,3-7H2,1-2H3,(H5,13,14,15,16,17). The van der Waals surface area contributed by atoms with Gasteiger partial charge in [-0.05, 0) is 13.3 Å². The molecule has 1 aromatic heterocycles. The first-order valence-electron chi connectivity index (χ1n) is 6.28. The molecule has 0 saturated carbocycles. The van der Waals surface area contributed by atoms with Gasteiger partial charge in [0.1, 0.15) is 11.6 Å². The van der Waals surface area contributed by atoms with E-state index in [0.717, 1.165) is 6.42 Å². The van der Waals surface area contributed by atoms with Crippen molar-refractivity contribution in [2.24, 2.45) is 0 Å². The minimum Gasteiger partial charge on any atom is -0.383 e. The Labute approximate surface area is 103 Å². The first-order valence-corrected chi connectivity index (χ1v) is 6.28. The van der Waals surface area contributed by atoms with Crippen LogP contribution in [-0.4, -0.2) is 16.0 Å². The van der Waals surface area contributed by atoms with Crippen molar-refractivity contribution < 1.29 is 0 Å². The van der Waals surface area contributed by atoms with Gasteiger partial charge in [-0.2, -0.15) is 9.97 Å². The van der Waals surface area contributed by atoms with E-state index in [0.29, 0.717) is 17.7 Å². The maximum atomic E-state index is 5.60. The van der Waals surface area contributed by atoms with Crippen molar-refractivity contribution in [2.75, 3.05) is 16.8 Å². The molecule has 5 heteroatoms. The summed E-state index contributed by atoms with van der Waals surface area (Å²) in [7, 11) is 0.